The van der Waals surface area contributed by atoms with Crippen LogP contribution in [0.5, 0.6) is 0 Å². The van der Waals surface area contributed by atoms with Crippen molar-refractivity contribution in [1.29, 1.82) is 0 Å². The molecule has 2 aliphatic heterocycles. The molecule has 4 unspecified atom stereocenters. The van der Waals surface area contributed by atoms with Gasteiger partial charge in [0.1, 0.15) is 11.7 Å². The standard InChI is InChI=1S/C18H26Cl2O4/c1-2-9-18(24-15-8-4-6-11-22-15)12-13(16(19)17(18)20)23-14-7-3-5-10-21-14/h2,13-15H,1,3-12H2. The largest absolute Gasteiger partial charge is 0.353 e. The summed E-state index contributed by atoms with van der Waals surface area (Å²) < 4.78 is 23.8. The molecule has 0 aromatic carbocycles. The van der Waals surface area contributed by atoms with Crippen molar-refractivity contribution >= 4 is 23.2 Å². The van der Waals surface area contributed by atoms with Crippen LogP contribution in [0.25, 0.3) is 0 Å². The van der Waals surface area contributed by atoms with E-state index in [9.17, 15) is 0 Å². The summed E-state index contributed by atoms with van der Waals surface area (Å²) in [6, 6.07) is 0. The first-order chi connectivity index (χ1) is 11.6. The van der Waals surface area contributed by atoms with E-state index in [1.54, 1.807) is 0 Å². The second-order valence-corrected chi connectivity index (χ2v) is 7.47. The Bertz CT molecular complexity index is 470. The van der Waals surface area contributed by atoms with Crippen LogP contribution in [-0.2, 0) is 18.9 Å². The summed E-state index contributed by atoms with van der Waals surface area (Å²) in [6.07, 6.45) is 8.31. The molecule has 4 atom stereocenters. The van der Waals surface area contributed by atoms with E-state index in [1.165, 1.54) is 0 Å². The van der Waals surface area contributed by atoms with Crippen molar-refractivity contribution in [1.82, 2.24) is 0 Å². The molecule has 3 aliphatic rings. The normalized spacial score (nSPS) is 37.7. The molecule has 2 saturated heterocycles. The van der Waals surface area contributed by atoms with Gasteiger partial charge in [0.15, 0.2) is 12.6 Å². The van der Waals surface area contributed by atoms with Crippen LogP contribution in [0.4, 0.5) is 0 Å². The molecule has 136 valence electrons. The van der Waals surface area contributed by atoms with E-state index in [-0.39, 0.29) is 18.7 Å². The van der Waals surface area contributed by atoms with Gasteiger partial charge in [-0.1, -0.05) is 29.3 Å². The second-order valence-electron chi connectivity index (χ2n) is 6.69. The summed E-state index contributed by atoms with van der Waals surface area (Å²) in [5.74, 6) is 0. The number of rotatable bonds is 6. The van der Waals surface area contributed by atoms with Gasteiger partial charge >= 0.3 is 0 Å². The summed E-state index contributed by atoms with van der Waals surface area (Å²) in [5.41, 5.74) is -0.707. The Morgan fingerprint density at radius 2 is 1.75 bits per heavy atom. The lowest BCUT2D eigenvalue weighted by Crippen LogP contribution is -2.39. The van der Waals surface area contributed by atoms with Crippen molar-refractivity contribution in [2.24, 2.45) is 0 Å². The van der Waals surface area contributed by atoms with Gasteiger partial charge in [0.2, 0.25) is 0 Å². The van der Waals surface area contributed by atoms with E-state index in [0.717, 1.165) is 51.7 Å². The van der Waals surface area contributed by atoms with Crippen LogP contribution in [0.1, 0.15) is 51.4 Å². The number of hydrogen-bond acceptors (Lipinski definition) is 4. The fourth-order valence-electron chi connectivity index (χ4n) is 3.56. The molecule has 24 heavy (non-hydrogen) atoms. The quantitative estimate of drug-likeness (QED) is 0.620. The molecule has 0 N–H and O–H groups in total. The molecule has 6 heteroatoms. The molecule has 0 spiro atoms. The molecule has 2 heterocycles. The lowest BCUT2D eigenvalue weighted by atomic mass is 9.97. The third kappa shape index (κ3) is 4.17. The number of halogens is 2. The molecule has 0 aromatic heterocycles. The highest BCUT2D eigenvalue weighted by molar-refractivity contribution is 6.40. The molecule has 0 radical (unpaired) electrons. The van der Waals surface area contributed by atoms with Crippen LogP contribution >= 0.6 is 23.2 Å². The van der Waals surface area contributed by atoms with E-state index in [0.29, 0.717) is 22.9 Å². The molecule has 2 fully saturated rings. The maximum absolute atomic E-state index is 6.59. The Hall–Kier alpha value is -0.100. The van der Waals surface area contributed by atoms with E-state index in [2.05, 4.69) is 6.58 Å². The Morgan fingerprint density at radius 1 is 1.08 bits per heavy atom. The van der Waals surface area contributed by atoms with E-state index in [4.69, 9.17) is 42.1 Å². The molecular formula is C18H26Cl2O4. The average Bonchev–Trinajstić information content (AvgIpc) is 2.82. The third-order valence-electron chi connectivity index (χ3n) is 4.83. The predicted molar refractivity (Wildman–Crippen MR) is 94.0 cm³/mol. The molecule has 4 nitrogen and oxygen atoms in total. The summed E-state index contributed by atoms with van der Waals surface area (Å²) in [7, 11) is 0. The molecular weight excluding hydrogens is 351 g/mol. The van der Waals surface area contributed by atoms with Crippen molar-refractivity contribution in [3.63, 3.8) is 0 Å². The highest BCUT2D eigenvalue weighted by Gasteiger charge is 2.48. The van der Waals surface area contributed by atoms with E-state index < -0.39 is 5.60 Å². The van der Waals surface area contributed by atoms with Gasteiger partial charge in [-0.3, -0.25) is 0 Å². The highest BCUT2D eigenvalue weighted by Crippen LogP contribution is 2.48. The minimum absolute atomic E-state index is 0.215. The Kier molecular flexibility index (Phi) is 6.63. The molecule has 1 aliphatic carbocycles. The van der Waals surface area contributed by atoms with Crippen LogP contribution in [0.3, 0.4) is 0 Å². The highest BCUT2D eigenvalue weighted by atomic mass is 35.5. The van der Waals surface area contributed by atoms with Gasteiger partial charge in [-0.25, -0.2) is 0 Å². The van der Waals surface area contributed by atoms with Gasteiger partial charge in [0.25, 0.3) is 0 Å². The minimum atomic E-state index is -0.707. The van der Waals surface area contributed by atoms with Crippen molar-refractivity contribution in [3.05, 3.63) is 22.7 Å². The third-order valence-corrected chi connectivity index (χ3v) is 5.91. The topological polar surface area (TPSA) is 36.9 Å². The SMILES string of the molecule is C=CCC1(OC2CCCCO2)CC(OC2CCCCO2)C(Cl)=C1Cl. The number of ether oxygens (including phenoxy) is 4. The van der Waals surface area contributed by atoms with Gasteiger partial charge in [-0.2, -0.15) is 0 Å². The van der Waals surface area contributed by atoms with Crippen molar-refractivity contribution < 1.29 is 18.9 Å². The lowest BCUT2D eigenvalue weighted by Gasteiger charge is -2.35. The first kappa shape index (κ1) is 18.7. The maximum atomic E-state index is 6.59. The summed E-state index contributed by atoms with van der Waals surface area (Å²) in [5, 5.41) is 1.03. The maximum Gasteiger partial charge on any atom is 0.158 e. The zero-order chi connectivity index (χ0) is 17.0. The minimum Gasteiger partial charge on any atom is -0.353 e. The van der Waals surface area contributed by atoms with Crippen LogP contribution in [0, 0.1) is 0 Å². The Morgan fingerprint density at radius 3 is 2.33 bits per heavy atom. The molecule has 3 rings (SSSR count). The zero-order valence-electron chi connectivity index (χ0n) is 14.0. The summed E-state index contributed by atoms with van der Waals surface area (Å²) >= 11 is 13.1. The predicted octanol–water partition coefficient (Wildman–Crippen LogP) is 4.85. The van der Waals surface area contributed by atoms with Gasteiger partial charge < -0.3 is 18.9 Å². The first-order valence-electron chi connectivity index (χ1n) is 8.87. The van der Waals surface area contributed by atoms with Crippen LogP contribution in [-0.4, -0.2) is 37.5 Å². The van der Waals surface area contributed by atoms with Crippen molar-refractivity contribution in [2.75, 3.05) is 13.2 Å². The van der Waals surface area contributed by atoms with Gasteiger partial charge in [-0.05, 0) is 44.9 Å². The average molecular weight is 377 g/mol. The van der Waals surface area contributed by atoms with E-state index in [1.807, 2.05) is 6.08 Å². The zero-order valence-corrected chi connectivity index (χ0v) is 15.5. The van der Waals surface area contributed by atoms with Crippen LogP contribution < -0.4 is 0 Å². The van der Waals surface area contributed by atoms with Gasteiger partial charge in [0, 0.05) is 19.6 Å². The number of hydrogen-bond donors (Lipinski definition) is 0. The molecule has 0 aromatic rings. The fourth-order valence-corrected chi connectivity index (χ4v) is 4.18. The van der Waals surface area contributed by atoms with Crippen LogP contribution in [0.2, 0.25) is 0 Å². The first-order valence-corrected chi connectivity index (χ1v) is 9.63. The van der Waals surface area contributed by atoms with Crippen molar-refractivity contribution in [3.8, 4) is 0 Å². The summed E-state index contributed by atoms with van der Waals surface area (Å²) in [4.78, 5) is 0. The summed E-state index contributed by atoms with van der Waals surface area (Å²) in [6.45, 7) is 5.31. The Balaban J connectivity index is 1.70. The van der Waals surface area contributed by atoms with Crippen LogP contribution in [0.15, 0.2) is 22.7 Å². The lowest BCUT2D eigenvalue weighted by molar-refractivity contribution is -0.223. The Labute approximate surface area is 154 Å². The molecule has 0 amide bonds. The fraction of sp³-hybridized carbons (Fsp3) is 0.778. The van der Waals surface area contributed by atoms with Gasteiger partial charge in [0.05, 0.1) is 10.1 Å². The second kappa shape index (κ2) is 8.52. The van der Waals surface area contributed by atoms with E-state index >= 15 is 0 Å². The monoisotopic (exact) mass is 376 g/mol. The molecule has 0 saturated carbocycles. The van der Waals surface area contributed by atoms with Crippen molar-refractivity contribution in [2.45, 2.75) is 75.7 Å². The molecule has 0 bridgehead atoms. The smallest absolute Gasteiger partial charge is 0.158 e. The van der Waals surface area contributed by atoms with Gasteiger partial charge in [-0.15, -0.1) is 6.58 Å².